The molecule has 0 atom stereocenters. The Morgan fingerprint density at radius 3 is 2.57 bits per heavy atom. The molecule has 0 aliphatic carbocycles. The van der Waals surface area contributed by atoms with Crippen LogP contribution in [0.2, 0.25) is 0 Å². The van der Waals surface area contributed by atoms with Crippen molar-refractivity contribution in [1.82, 2.24) is 4.90 Å². The Morgan fingerprint density at radius 1 is 1.14 bits per heavy atom. The first-order valence-corrected chi connectivity index (χ1v) is 5.14. The van der Waals surface area contributed by atoms with Gasteiger partial charge in [0.15, 0.2) is 0 Å². The zero-order valence-electron chi connectivity index (χ0n) is 8.25. The lowest BCUT2D eigenvalue weighted by Gasteiger charge is -2.26. The SMILES string of the molecule is Fc1ccccc1CN1CC[CH]CC1. The molecule has 2 rings (SSSR count). The van der Waals surface area contributed by atoms with Gasteiger partial charge >= 0.3 is 0 Å². The molecular weight excluding hydrogens is 177 g/mol. The third kappa shape index (κ3) is 2.32. The van der Waals surface area contributed by atoms with E-state index in [0.717, 1.165) is 38.0 Å². The van der Waals surface area contributed by atoms with Crippen LogP contribution in [-0.4, -0.2) is 18.0 Å². The average molecular weight is 192 g/mol. The van der Waals surface area contributed by atoms with Crippen molar-refractivity contribution in [1.29, 1.82) is 0 Å². The second kappa shape index (κ2) is 4.56. The zero-order chi connectivity index (χ0) is 9.80. The van der Waals surface area contributed by atoms with Gasteiger partial charge in [0, 0.05) is 12.1 Å². The molecule has 0 N–H and O–H groups in total. The van der Waals surface area contributed by atoms with Crippen LogP contribution in [0.4, 0.5) is 4.39 Å². The predicted molar refractivity (Wildman–Crippen MR) is 55.2 cm³/mol. The quantitative estimate of drug-likeness (QED) is 0.696. The molecule has 0 amide bonds. The fraction of sp³-hybridized carbons (Fsp3) is 0.417. The number of hydrogen-bond donors (Lipinski definition) is 0. The lowest BCUT2D eigenvalue weighted by Crippen LogP contribution is -2.29. The summed E-state index contributed by atoms with van der Waals surface area (Å²) in [5.41, 5.74) is 0.814. The van der Waals surface area contributed by atoms with E-state index in [9.17, 15) is 4.39 Å². The zero-order valence-corrected chi connectivity index (χ0v) is 8.25. The van der Waals surface area contributed by atoms with Crippen molar-refractivity contribution in [3.8, 4) is 0 Å². The first kappa shape index (κ1) is 9.66. The van der Waals surface area contributed by atoms with Crippen LogP contribution in [0.3, 0.4) is 0 Å². The summed E-state index contributed by atoms with van der Waals surface area (Å²) in [6, 6.07) is 7.04. The number of benzene rings is 1. The van der Waals surface area contributed by atoms with Crippen LogP contribution in [0.25, 0.3) is 0 Å². The maximum Gasteiger partial charge on any atom is 0.127 e. The molecule has 2 heteroatoms. The number of hydrogen-bond acceptors (Lipinski definition) is 1. The Hall–Kier alpha value is -0.890. The molecule has 1 heterocycles. The minimum atomic E-state index is -0.0814. The van der Waals surface area contributed by atoms with E-state index in [4.69, 9.17) is 0 Å². The number of nitrogens with zero attached hydrogens (tertiary/aromatic N) is 1. The Kier molecular flexibility index (Phi) is 3.14. The molecule has 1 aliphatic rings. The van der Waals surface area contributed by atoms with Gasteiger partial charge in [0.25, 0.3) is 0 Å². The molecule has 0 saturated carbocycles. The number of likely N-dealkylation sites (tertiary alicyclic amines) is 1. The van der Waals surface area contributed by atoms with Crippen molar-refractivity contribution in [2.75, 3.05) is 13.1 Å². The van der Waals surface area contributed by atoms with Crippen LogP contribution in [0, 0.1) is 12.2 Å². The van der Waals surface area contributed by atoms with Gasteiger partial charge in [-0.25, -0.2) is 4.39 Å². The van der Waals surface area contributed by atoms with E-state index in [1.807, 2.05) is 12.1 Å². The first-order valence-electron chi connectivity index (χ1n) is 5.14. The lowest BCUT2D eigenvalue weighted by atomic mass is 10.1. The minimum Gasteiger partial charge on any atom is -0.299 e. The highest BCUT2D eigenvalue weighted by Gasteiger charge is 2.11. The van der Waals surface area contributed by atoms with Crippen LogP contribution < -0.4 is 0 Å². The molecule has 1 fully saturated rings. The molecule has 1 aliphatic heterocycles. The highest BCUT2D eigenvalue weighted by atomic mass is 19.1. The summed E-state index contributed by atoms with van der Waals surface area (Å²) in [7, 11) is 0. The van der Waals surface area contributed by atoms with E-state index in [2.05, 4.69) is 11.3 Å². The van der Waals surface area contributed by atoms with Crippen molar-refractivity contribution in [3.05, 3.63) is 42.1 Å². The van der Waals surface area contributed by atoms with Gasteiger partial charge in [0.1, 0.15) is 5.82 Å². The van der Waals surface area contributed by atoms with E-state index in [1.165, 1.54) is 6.07 Å². The minimum absolute atomic E-state index is 0.0814. The molecule has 0 unspecified atom stereocenters. The Labute approximate surface area is 84.5 Å². The fourth-order valence-electron chi connectivity index (χ4n) is 1.83. The summed E-state index contributed by atoms with van der Waals surface area (Å²) < 4.78 is 13.3. The number of halogens is 1. The van der Waals surface area contributed by atoms with Crippen LogP contribution in [-0.2, 0) is 6.54 Å². The molecule has 14 heavy (non-hydrogen) atoms. The maximum atomic E-state index is 13.3. The van der Waals surface area contributed by atoms with Gasteiger partial charge in [-0.3, -0.25) is 4.90 Å². The van der Waals surface area contributed by atoms with Crippen molar-refractivity contribution < 1.29 is 4.39 Å². The normalized spacial score (nSPS) is 18.4. The third-order valence-electron chi connectivity index (χ3n) is 2.65. The molecule has 1 nitrogen and oxygen atoms in total. The van der Waals surface area contributed by atoms with Gasteiger partial charge in [-0.05, 0) is 38.4 Å². The summed E-state index contributed by atoms with van der Waals surface area (Å²) in [5.74, 6) is -0.0814. The average Bonchev–Trinajstić information content (AvgIpc) is 2.23. The molecule has 1 radical (unpaired) electrons. The van der Waals surface area contributed by atoms with Crippen LogP contribution >= 0.6 is 0 Å². The molecule has 1 saturated heterocycles. The van der Waals surface area contributed by atoms with Crippen molar-refractivity contribution in [3.63, 3.8) is 0 Å². The van der Waals surface area contributed by atoms with E-state index < -0.39 is 0 Å². The smallest absolute Gasteiger partial charge is 0.127 e. The molecular formula is C12H15FN. The van der Waals surface area contributed by atoms with Gasteiger partial charge in [-0.15, -0.1) is 0 Å². The molecule has 1 aromatic carbocycles. The van der Waals surface area contributed by atoms with Crippen LogP contribution in [0.5, 0.6) is 0 Å². The van der Waals surface area contributed by atoms with Gasteiger partial charge < -0.3 is 0 Å². The maximum absolute atomic E-state index is 13.3. The molecule has 0 aromatic heterocycles. The van der Waals surface area contributed by atoms with Crippen molar-refractivity contribution in [2.45, 2.75) is 19.4 Å². The monoisotopic (exact) mass is 192 g/mol. The second-order valence-electron chi connectivity index (χ2n) is 3.73. The van der Waals surface area contributed by atoms with Crippen molar-refractivity contribution in [2.24, 2.45) is 0 Å². The summed E-state index contributed by atoms with van der Waals surface area (Å²) >= 11 is 0. The topological polar surface area (TPSA) is 3.24 Å². The second-order valence-corrected chi connectivity index (χ2v) is 3.73. The molecule has 1 aromatic rings. The van der Waals surface area contributed by atoms with E-state index in [1.54, 1.807) is 6.07 Å². The summed E-state index contributed by atoms with van der Waals surface area (Å²) in [6.45, 7) is 2.88. The van der Waals surface area contributed by atoms with Crippen molar-refractivity contribution >= 4 is 0 Å². The first-order chi connectivity index (χ1) is 6.86. The number of rotatable bonds is 2. The third-order valence-corrected chi connectivity index (χ3v) is 2.65. The van der Waals surface area contributed by atoms with Gasteiger partial charge in [-0.1, -0.05) is 18.2 Å². The van der Waals surface area contributed by atoms with E-state index >= 15 is 0 Å². The predicted octanol–water partition coefficient (Wildman–Crippen LogP) is 2.63. The summed E-state index contributed by atoms with van der Waals surface area (Å²) in [6.07, 6.45) is 4.57. The Balaban J connectivity index is 1.99. The van der Waals surface area contributed by atoms with Crippen LogP contribution in [0.1, 0.15) is 18.4 Å². The van der Waals surface area contributed by atoms with Crippen LogP contribution in [0.15, 0.2) is 24.3 Å². The Morgan fingerprint density at radius 2 is 1.86 bits per heavy atom. The molecule has 0 bridgehead atoms. The number of piperidine rings is 1. The fourth-order valence-corrected chi connectivity index (χ4v) is 1.83. The highest BCUT2D eigenvalue weighted by molar-refractivity contribution is 5.17. The Bertz CT molecular complexity index is 292. The summed E-state index contributed by atoms with van der Waals surface area (Å²) in [4.78, 5) is 2.30. The van der Waals surface area contributed by atoms with Gasteiger partial charge in [-0.2, -0.15) is 0 Å². The van der Waals surface area contributed by atoms with E-state index in [-0.39, 0.29) is 5.82 Å². The summed E-state index contributed by atoms with van der Waals surface area (Å²) in [5, 5.41) is 0. The largest absolute Gasteiger partial charge is 0.299 e. The lowest BCUT2D eigenvalue weighted by molar-refractivity contribution is 0.243. The van der Waals surface area contributed by atoms with Gasteiger partial charge in [0.2, 0.25) is 0 Å². The molecule has 0 spiro atoms. The molecule has 75 valence electrons. The highest BCUT2D eigenvalue weighted by Crippen LogP contribution is 2.14. The standard InChI is InChI=1S/C12H15FN/c13-12-7-3-2-6-11(12)10-14-8-4-1-5-9-14/h1-3,6-7H,4-5,8-10H2. The van der Waals surface area contributed by atoms with Gasteiger partial charge in [0.05, 0.1) is 0 Å². The van der Waals surface area contributed by atoms with E-state index in [0.29, 0.717) is 0 Å².